The van der Waals surface area contributed by atoms with Crippen molar-refractivity contribution in [1.29, 1.82) is 0 Å². The highest BCUT2D eigenvalue weighted by atomic mass is 16.1. The predicted octanol–water partition coefficient (Wildman–Crippen LogP) is 3.37. The molecule has 0 aromatic rings. The Kier molecular flexibility index (Phi) is 6.62. The number of rotatable bonds is 7. The highest BCUT2D eigenvalue weighted by Crippen LogP contribution is 2.22. The summed E-state index contributed by atoms with van der Waals surface area (Å²) in [6, 6.07) is 0. The smallest absolute Gasteiger partial charge is 0.222 e. The number of amides is 1. The molecule has 1 amide bonds. The Hall–Kier alpha value is -0.530. The lowest BCUT2D eigenvalue weighted by Gasteiger charge is -2.25. The van der Waals surface area contributed by atoms with E-state index in [0.29, 0.717) is 0 Å². The Morgan fingerprint density at radius 3 is 2.33 bits per heavy atom. The van der Waals surface area contributed by atoms with Gasteiger partial charge in [0.15, 0.2) is 0 Å². The summed E-state index contributed by atoms with van der Waals surface area (Å²) < 4.78 is 0. The van der Waals surface area contributed by atoms with Gasteiger partial charge in [0.05, 0.1) is 0 Å². The number of nitrogens with one attached hydrogen (secondary N) is 1. The highest BCUT2D eigenvalue weighted by Gasteiger charge is 2.18. The first-order valence-corrected chi connectivity index (χ1v) is 6.17. The van der Waals surface area contributed by atoms with Gasteiger partial charge in [-0.25, -0.2) is 0 Å². The van der Waals surface area contributed by atoms with E-state index in [4.69, 9.17) is 0 Å². The van der Waals surface area contributed by atoms with Gasteiger partial charge in [-0.3, -0.25) is 4.79 Å². The average molecular weight is 213 g/mol. The monoisotopic (exact) mass is 213 g/mol. The number of carbonyl (C=O) groups excluding carboxylic acids is 1. The molecule has 0 rings (SSSR count). The van der Waals surface area contributed by atoms with E-state index in [1.165, 1.54) is 25.7 Å². The predicted molar refractivity (Wildman–Crippen MR) is 65.8 cm³/mol. The second-order valence-electron chi connectivity index (χ2n) is 5.49. The fourth-order valence-corrected chi connectivity index (χ4v) is 1.47. The van der Waals surface area contributed by atoms with Crippen LogP contribution >= 0.6 is 0 Å². The van der Waals surface area contributed by atoms with Crippen molar-refractivity contribution in [3.8, 4) is 0 Å². The van der Waals surface area contributed by atoms with Gasteiger partial charge in [0.2, 0.25) is 5.91 Å². The van der Waals surface area contributed by atoms with Crippen LogP contribution in [0, 0.1) is 11.3 Å². The van der Waals surface area contributed by atoms with Gasteiger partial charge in [-0.05, 0) is 11.8 Å². The van der Waals surface area contributed by atoms with Crippen molar-refractivity contribution in [1.82, 2.24) is 5.32 Å². The van der Waals surface area contributed by atoms with Gasteiger partial charge in [-0.2, -0.15) is 0 Å². The van der Waals surface area contributed by atoms with E-state index in [9.17, 15) is 4.79 Å². The molecule has 0 aliphatic carbocycles. The minimum Gasteiger partial charge on any atom is -0.355 e. The maximum absolute atomic E-state index is 11.4. The molecule has 0 radical (unpaired) electrons. The van der Waals surface area contributed by atoms with E-state index in [0.717, 1.165) is 6.54 Å². The summed E-state index contributed by atoms with van der Waals surface area (Å²) in [5.41, 5.74) is 0.236. The molecule has 0 atom stereocenters. The molecule has 0 aromatic carbocycles. The average Bonchev–Trinajstić information content (AvgIpc) is 2.14. The third kappa shape index (κ3) is 7.40. The zero-order chi connectivity index (χ0) is 11.9. The maximum Gasteiger partial charge on any atom is 0.222 e. The van der Waals surface area contributed by atoms with Crippen LogP contribution in [0.3, 0.4) is 0 Å². The molecule has 0 aliphatic heterocycles. The summed E-state index contributed by atoms with van der Waals surface area (Å²) in [6.45, 7) is 11.3. The molecular weight excluding hydrogens is 186 g/mol. The van der Waals surface area contributed by atoms with Crippen molar-refractivity contribution in [2.24, 2.45) is 11.3 Å². The maximum atomic E-state index is 11.4. The molecule has 2 heteroatoms. The van der Waals surface area contributed by atoms with E-state index in [1.807, 2.05) is 13.8 Å². The van der Waals surface area contributed by atoms with E-state index < -0.39 is 0 Å². The fourth-order valence-electron chi connectivity index (χ4n) is 1.47. The molecule has 90 valence electrons. The molecule has 0 spiro atoms. The summed E-state index contributed by atoms with van der Waals surface area (Å²) in [6.07, 6.45) is 5.01. The van der Waals surface area contributed by atoms with Gasteiger partial charge in [0.1, 0.15) is 0 Å². The van der Waals surface area contributed by atoms with Gasteiger partial charge in [0.25, 0.3) is 0 Å². The van der Waals surface area contributed by atoms with Crippen molar-refractivity contribution in [2.45, 2.75) is 60.3 Å². The Bertz CT molecular complexity index is 185. The number of carbonyl (C=O) groups is 1. The summed E-state index contributed by atoms with van der Waals surface area (Å²) in [4.78, 5) is 11.4. The molecule has 0 unspecified atom stereocenters. The molecule has 1 N–H and O–H groups in total. The van der Waals surface area contributed by atoms with Gasteiger partial charge in [-0.15, -0.1) is 0 Å². The molecule has 0 aliphatic rings. The first kappa shape index (κ1) is 14.5. The van der Waals surface area contributed by atoms with Crippen LogP contribution in [0.5, 0.6) is 0 Å². The molecule has 0 bridgehead atoms. The first-order chi connectivity index (χ1) is 6.89. The highest BCUT2D eigenvalue weighted by molar-refractivity contribution is 5.77. The zero-order valence-corrected chi connectivity index (χ0v) is 11.0. The summed E-state index contributed by atoms with van der Waals surface area (Å²) >= 11 is 0. The van der Waals surface area contributed by atoms with Crippen LogP contribution in [0.1, 0.15) is 60.3 Å². The second-order valence-corrected chi connectivity index (χ2v) is 5.49. The lowest BCUT2D eigenvalue weighted by Crippen LogP contribution is -2.36. The standard InChI is InChI=1S/C13H27NO/c1-6-7-8-9-13(4,5)10-14-12(15)11(2)3/h11H,6-10H2,1-5H3,(H,14,15). The number of hydrogen-bond acceptors (Lipinski definition) is 1. The Labute approximate surface area is 94.8 Å². The summed E-state index contributed by atoms with van der Waals surface area (Å²) in [7, 11) is 0. The van der Waals surface area contributed by atoms with Crippen LogP contribution in [0.2, 0.25) is 0 Å². The number of unbranched alkanes of at least 4 members (excludes halogenated alkanes) is 2. The van der Waals surface area contributed by atoms with E-state index in [1.54, 1.807) is 0 Å². The SMILES string of the molecule is CCCCCC(C)(C)CNC(=O)C(C)C. The molecule has 0 heterocycles. The molecular formula is C13H27NO. The van der Waals surface area contributed by atoms with Crippen LogP contribution in [-0.4, -0.2) is 12.5 Å². The van der Waals surface area contributed by atoms with Crippen LogP contribution in [0.15, 0.2) is 0 Å². The lowest BCUT2D eigenvalue weighted by molar-refractivity contribution is -0.124. The van der Waals surface area contributed by atoms with Crippen molar-refractivity contribution < 1.29 is 4.79 Å². The Morgan fingerprint density at radius 1 is 1.27 bits per heavy atom. The van der Waals surface area contributed by atoms with E-state index in [-0.39, 0.29) is 17.2 Å². The molecule has 15 heavy (non-hydrogen) atoms. The fraction of sp³-hybridized carbons (Fsp3) is 0.923. The third-order valence-corrected chi connectivity index (χ3v) is 2.72. The zero-order valence-electron chi connectivity index (χ0n) is 11.0. The van der Waals surface area contributed by atoms with Gasteiger partial charge < -0.3 is 5.32 Å². The summed E-state index contributed by atoms with van der Waals surface area (Å²) in [5.74, 6) is 0.259. The quantitative estimate of drug-likeness (QED) is 0.645. The van der Waals surface area contributed by atoms with Gasteiger partial charge >= 0.3 is 0 Å². The first-order valence-electron chi connectivity index (χ1n) is 6.17. The Morgan fingerprint density at radius 2 is 1.87 bits per heavy atom. The summed E-state index contributed by atoms with van der Waals surface area (Å²) in [5, 5.41) is 3.01. The minimum atomic E-state index is 0.0939. The van der Waals surface area contributed by atoms with Crippen molar-refractivity contribution >= 4 is 5.91 Å². The molecule has 0 saturated heterocycles. The molecule has 0 aromatic heterocycles. The second kappa shape index (κ2) is 6.86. The topological polar surface area (TPSA) is 29.1 Å². The Balaban J connectivity index is 3.77. The van der Waals surface area contributed by atoms with E-state index in [2.05, 4.69) is 26.1 Å². The lowest BCUT2D eigenvalue weighted by atomic mass is 9.87. The van der Waals surface area contributed by atoms with Crippen molar-refractivity contribution in [3.63, 3.8) is 0 Å². The van der Waals surface area contributed by atoms with Gasteiger partial charge in [0, 0.05) is 12.5 Å². The molecule has 0 fully saturated rings. The van der Waals surface area contributed by atoms with E-state index >= 15 is 0 Å². The van der Waals surface area contributed by atoms with Crippen molar-refractivity contribution in [3.05, 3.63) is 0 Å². The van der Waals surface area contributed by atoms with Crippen LogP contribution < -0.4 is 5.32 Å². The van der Waals surface area contributed by atoms with Crippen LogP contribution in [-0.2, 0) is 4.79 Å². The van der Waals surface area contributed by atoms with Gasteiger partial charge in [-0.1, -0.05) is 53.9 Å². The van der Waals surface area contributed by atoms with Crippen LogP contribution in [0.25, 0.3) is 0 Å². The third-order valence-electron chi connectivity index (χ3n) is 2.72. The molecule has 0 saturated carbocycles. The van der Waals surface area contributed by atoms with Crippen molar-refractivity contribution in [2.75, 3.05) is 6.54 Å². The van der Waals surface area contributed by atoms with Crippen LogP contribution in [0.4, 0.5) is 0 Å². The largest absolute Gasteiger partial charge is 0.355 e. The number of hydrogen-bond donors (Lipinski definition) is 1. The minimum absolute atomic E-state index is 0.0939. The normalized spacial score (nSPS) is 11.9. The molecule has 2 nitrogen and oxygen atoms in total.